The number of nitrogens with one attached hydrogen (secondary N) is 2. The number of anilines is 1. The Morgan fingerprint density at radius 3 is 2.91 bits per heavy atom. The first-order chi connectivity index (χ1) is 11.2. The quantitative estimate of drug-likeness (QED) is 0.905. The molecule has 0 aliphatic carbocycles. The average molecular weight is 312 g/mol. The molecule has 6 heteroatoms. The van der Waals surface area contributed by atoms with Crippen LogP contribution >= 0.6 is 0 Å². The van der Waals surface area contributed by atoms with Crippen molar-refractivity contribution in [3.63, 3.8) is 0 Å². The molecule has 6 nitrogen and oxygen atoms in total. The molecule has 0 saturated carbocycles. The summed E-state index contributed by atoms with van der Waals surface area (Å²) < 4.78 is 10.6. The zero-order chi connectivity index (χ0) is 16.2. The molecule has 0 spiro atoms. The molecule has 0 bridgehead atoms. The fourth-order valence-corrected chi connectivity index (χ4v) is 2.41. The van der Waals surface area contributed by atoms with E-state index in [9.17, 15) is 9.59 Å². The van der Waals surface area contributed by atoms with Gasteiger partial charge in [0.25, 0.3) is 11.8 Å². The zero-order valence-corrected chi connectivity index (χ0v) is 12.6. The third-order valence-corrected chi connectivity index (χ3v) is 3.51. The van der Waals surface area contributed by atoms with Gasteiger partial charge in [0.1, 0.15) is 5.75 Å². The Balaban J connectivity index is 1.77. The fourth-order valence-electron chi connectivity index (χ4n) is 2.41. The van der Waals surface area contributed by atoms with Gasteiger partial charge >= 0.3 is 0 Å². The normalized spacial score (nSPS) is 12.7. The van der Waals surface area contributed by atoms with E-state index in [1.807, 2.05) is 24.3 Å². The number of rotatable bonds is 4. The Hall–Kier alpha value is -3.02. The summed E-state index contributed by atoms with van der Waals surface area (Å²) in [5, 5.41) is 5.52. The van der Waals surface area contributed by atoms with Crippen LogP contribution in [0.1, 0.15) is 15.9 Å². The molecule has 0 radical (unpaired) electrons. The molecule has 2 N–H and O–H groups in total. The van der Waals surface area contributed by atoms with Crippen LogP contribution in [0.25, 0.3) is 0 Å². The lowest BCUT2D eigenvalue weighted by Gasteiger charge is -2.20. The highest BCUT2D eigenvalue weighted by Crippen LogP contribution is 2.31. The molecule has 0 fully saturated rings. The van der Waals surface area contributed by atoms with Gasteiger partial charge in [-0.2, -0.15) is 0 Å². The minimum Gasteiger partial charge on any atom is -0.496 e. The second kappa shape index (κ2) is 6.39. The van der Waals surface area contributed by atoms with Crippen molar-refractivity contribution < 1.29 is 19.1 Å². The van der Waals surface area contributed by atoms with Gasteiger partial charge in [-0.1, -0.05) is 24.3 Å². The average Bonchev–Trinajstić information content (AvgIpc) is 2.59. The largest absolute Gasteiger partial charge is 0.496 e. The van der Waals surface area contributed by atoms with E-state index in [1.54, 1.807) is 25.3 Å². The number of hydrogen-bond donors (Lipinski definition) is 2. The number of methoxy groups -OCH3 is 1. The van der Waals surface area contributed by atoms with Crippen molar-refractivity contribution in [2.24, 2.45) is 0 Å². The monoisotopic (exact) mass is 312 g/mol. The van der Waals surface area contributed by atoms with Gasteiger partial charge in [0.05, 0.1) is 18.4 Å². The van der Waals surface area contributed by atoms with Crippen LogP contribution in [0.5, 0.6) is 11.5 Å². The third kappa shape index (κ3) is 3.11. The molecular weight excluding hydrogens is 296 g/mol. The number of fused-ring (bicyclic) bond motifs is 1. The van der Waals surface area contributed by atoms with Crippen molar-refractivity contribution in [2.45, 2.75) is 6.54 Å². The van der Waals surface area contributed by atoms with E-state index in [0.29, 0.717) is 29.3 Å². The molecule has 0 atom stereocenters. The Morgan fingerprint density at radius 1 is 1.26 bits per heavy atom. The van der Waals surface area contributed by atoms with Gasteiger partial charge in [-0.15, -0.1) is 0 Å². The van der Waals surface area contributed by atoms with Crippen molar-refractivity contribution in [1.82, 2.24) is 5.32 Å². The molecule has 1 aliphatic rings. The highest BCUT2D eigenvalue weighted by atomic mass is 16.5. The van der Waals surface area contributed by atoms with Crippen LogP contribution in [0.2, 0.25) is 0 Å². The Morgan fingerprint density at radius 2 is 2.09 bits per heavy atom. The van der Waals surface area contributed by atoms with Crippen molar-refractivity contribution >= 4 is 17.5 Å². The van der Waals surface area contributed by atoms with Crippen LogP contribution in [-0.4, -0.2) is 25.5 Å². The van der Waals surface area contributed by atoms with E-state index >= 15 is 0 Å². The van der Waals surface area contributed by atoms with E-state index in [0.717, 1.165) is 5.56 Å². The SMILES string of the molecule is COc1ccccc1CNC(=O)c1cccc2c1OCC(=O)N2. The van der Waals surface area contributed by atoms with E-state index in [4.69, 9.17) is 9.47 Å². The first kappa shape index (κ1) is 14.9. The lowest BCUT2D eigenvalue weighted by Crippen LogP contribution is -2.29. The van der Waals surface area contributed by atoms with Gasteiger partial charge in [-0.05, 0) is 18.2 Å². The molecule has 0 saturated heterocycles. The lowest BCUT2D eigenvalue weighted by molar-refractivity contribution is -0.118. The summed E-state index contributed by atoms with van der Waals surface area (Å²) >= 11 is 0. The first-order valence-electron chi connectivity index (χ1n) is 7.15. The Bertz CT molecular complexity index is 758. The summed E-state index contributed by atoms with van der Waals surface area (Å²) in [5.74, 6) is 0.601. The number of ether oxygens (including phenoxy) is 2. The van der Waals surface area contributed by atoms with Crippen LogP contribution in [0.15, 0.2) is 42.5 Å². The summed E-state index contributed by atoms with van der Waals surface area (Å²) in [5.41, 5.74) is 1.77. The lowest BCUT2D eigenvalue weighted by atomic mass is 10.1. The van der Waals surface area contributed by atoms with Gasteiger partial charge in [-0.25, -0.2) is 0 Å². The maximum absolute atomic E-state index is 12.4. The maximum Gasteiger partial charge on any atom is 0.262 e. The fraction of sp³-hybridized carbons (Fsp3) is 0.176. The van der Waals surface area contributed by atoms with Crippen molar-refractivity contribution in [3.05, 3.63) is 53.6 Å². The summed E-state index contributed by atoms with van der Waals surface area (Å²) in [6, 6.07) is 12.5. The van der Waals surface area contributed by atoms with Gasteiger partial charge in [0, 0.05) is 12.1 Å². The van der Waals surface area contributed by atoms with Crippen LogP contribution < -0.4 is 20.1 Å². The van der Waals surface area contributed by atoms with Crippen molar-refractivity contribution in [1.29, 1.82) is 0 Å². The standard InChI is InChI=1S/C17H16N2O4/c1-22-14-8-3-2-5-11(14)9-18-17(21)12-6-4-7-13-16(12)23-10-15(20)19-13/h2-8H,9-10H2,1H3,(H,18,21)(H,19,20). The third-order valence-electron chi connectivity index (χ3n) is 3.51. The second-order valence-corrected chi connectivity index (χ2v) is 5.01. The Labute approximate surface area is 133 Å². The number of benzene rings is 2. The smallest absolute Gasteiger partial charge is 0.262 e. The highest BCUT2D eigenvalue weighted by molar-refractivity contribution is 6.03. The number of para-hydroxylation sites is 2. The molecular formula is C17H16N2O4. The van der Waals surface area contributed by atoms with E-state index < -0.39 is 0 Å². The summed E-state index contributed by atoms with van der Waals surface area (Å²) in [6.07, 6.45) is 0. The molecule has 3 rings (SSSR count). The first-order valence-corrected chi connectivity index (χ1v) is 7.15. The predicted octanol–water partition coefficient (Wildman–Crippen LogP) is 1.96. The minimum atomic E-state index is -0.274. The van der Waals surface area contributed by atoms with Crippen molar-refractivity contribution in [3.8, 4) is 11.5 Å². The molecule has 118 valence electrons. The zero-order valence-electron chi connectivity index (χ0n) is 12.6. The van der Waals surface area contributed by atoms with Gasteiger partial charge in [-0.3, -0.25) is 9.59 Å². The second-order valence-electron chi connectivity index (χ2n) is 5.01. The van der Waals surface area contributed by atoms with E-state index in [1.165, 1.54) is 0 Å². The minimum absolute atomic E-state index is 0.0935. The number of amides is 2. The van der Waals surface area contributed by atoms with E-state index in [2.05, 4.69) is 10.6 Å². The molecule has 2 aromatic carbocycles. The molecule has 23 heavy (non-hydrogen) atoms. The van der Waals surface area contributed by atoms with Gasteiger partial charge in [0.2, 0.25) is 0 Å². The molecule has 1 aliphatic heterocycles. The summed E-state index contributed by atoms with van der Waals surface area (Å²) in [6.45, 7) is 0.239. The molecule has 0 aromatic heterocycles. The number of carbonyl (C=O) groups is 2. The molecule has 0 unspecified atom stereocenters. The highest BCUT2D eigenvalue weighted by Gasteiger charge is 2.22. The topological polar surface area (TPSA) is 76.7 Å². The van der Waals surface area contributed by atoms with Crippen LogP contribution in [0, 0.1) is 0 Å². The molecule has 1 heterocycles. The van der Waals surface area contributed by atoms with E-state index in [-0.39, 0.29) is 18.4 Å². The Kier molecular flexibility index (Phi) is 4.14. The van der Waals surface area contributed by atoms with Crippen LogP contribution in [-0.2, 0) is 11.3 Å². The van der Waals surface area contributed by atoms with Crippen molar-refractivity contribution in [2.75, 3.05) is 19.0 Å². The maximum atomic E-state index is 12.4. The number of hydrogen-bond acceptors (Lipinski definition) is 4. The number of carbonyl (C=O) groups excluding carboxylic acids is 2. The van der Waals surface area contributed by atoms with Crippen LogP contribution in [0.4, 0.5) is 5.69 Å². The summed E-state index contributed by atoms with van der Waals surface area (Å²) in [7, 11) is 1.59. The van der Waals surface area contributed by atoms with Crippen LogP contribution in [0.3, 0.4) is 0 Å². The summed E-state index contributed by atoms with van der Waals surface area (Å²) in [4.78, 5) is 23.8. The predicted molar refractivity (Wildman–Crippen MR) is 84.7 cm³/mol. The molecule has 2 aromatic rings. The van der Waals surface area contributed by atoms with Gasteiger partial charge < -0.3 is 20.1 Å². The van der Waals surface area contributed by atoms with Gasteiger partial charge in [0.15, 0.2) is 12.4 Å². The molecule has 2 amide bonds.